The number of aliphatic hydroxyl groups is 2. The molecule has 2 N–H and O–H groups in total. The maximum absolute atomic E-state index is 11.4. The smallest absolute Gasteiger partial charge is 0.306 e. The number of aryl methyl sites for hydroxylation is 9. The molecular weight excluding hydrogens is 1590 g/mol. The first-order chi connectivity index (χ1) is 57.9. The molecule has 6 aromatic rings. The summed E-state index contributed by atoms with van der Waals surface area (Å²) in [5.74, 6) is 2.52. The minimum absolute atomic E-state index is 0.0134. The monoisotopic (exact) mass is 1770 g/mol. The summed E-state index contributed by atoms with van der Waals surface area (Å²) >= 11 is 0. The molecule has 2 saturated heterocycles. The van der Waals surface area contributed by atoms with Crippen LogP contribution in [0.15, 0.2) is 109 Å². The lowest BCUT2D eigenvalue weighted by Crippen LogP contribution is -2.47. The molecule has 2 aliphatic heterocycles. The molecule has 0 radical (unpaired) electrons. The quantitative estimate of drug-likeness (QED) is 0.0282. The number of carbonyl (C=O) groups is 1. The Hall–Kier alpha value is -5.40. The number of esters is 1. The van der Waals surface area contributed by atoms with Crippen molar-refractivity contribution < 1.29 is 52.0 Å². The molecule has 0 spiro atoms. The minimum atomic E-state index is -1.87. The Morgan fingerprint density at radius 1 is 0.392 bits per heavy atom. The second kappa shape index (κ2) is 45.1. The van der Waals surface area contributed by atoms with Crippen LogP contribution in [0.4, 0.5) is 0 Å². The first-order valence-electron chi connectivity index (χ1n) is 48.5. The van der Waals surface area contributed by atoms with Crippen molar-refractivity contribution in [2.24, 2.45) is 16.2 Å². The molecule has 2 aliphatic rings. The lowest BCUT2D eigenvalue weighted by molar-refractivity contribution is -0.142. The molecule has 0 saturated carbocycles. The van der Waals surface area contributed by atoms with Gasteiger partial charge >= 0.3 is 5.97 Å². The van der Waals surface area contributed by atoms with E-state index in [-0.39, 0.29) is 97.3 Å². The van der Waals surface area contributed by atoms with Crippen LogP contribution in [-0.4, -0.2) is 111 Å². The van der Waals surface area contributed by atoms with E-state index in [1.807, 2.05) is 0 Å². The van der Waals surface area contributed by atoms with Crippen LogP contribution in [0.25, 0.3) is 0 Å². The summed E-state index contributed by atoms with van der Waals surface area (Å²) in [5, 5.41) is 19.8. The normalized spacial score (nSPS) is 16.5. The van der Waals surface area contributed by atoms with Crippen LogP contribution in [0.3, 0.4) is 0 Å². The lowest BCUT2D eigenvalue weighted by Gasteiger charge is -2.43. The van der Waals surface area contributed by atoms with Gasteiger partial charge in [0, 0.05) is 35.9 Å². The summed E-state index contributed by atoms with van der Waals surface area (Å²) in [4.78, 5) is 11.4. The average molecular weight is 1770 g/mol. The standard InChI is InChI=1S/C37H58O4Si.C37H62O4Si.C37H60O3Si/c1-13-37(14-2,30-18-20-32(27(4)24-30)39-25-31-19-22-34(38)40-31)29-17-15-28(26(3)23-29)16-21-33(35(5,6)7)41-42(11,12)36(8,9)10;1-13-37(14-2,31-20-21-33(28(4)25-31)40-26-32(39)16-15-23-38)30-19-17-29(27(3)24-30)18-22-34(35(5,6)7)41-42(11,12)36(8,9)10;1-13-37(14-2,31-20-21-33(28(4)25-31)39-26-32-16-15-23-38-32)30-19-17-29(27(3)24-30)18-22-34(35(5,6)7)40-41(11,12)36(8,9)10/h15,17-18,20,23-24,31,33H,13-14,16,19,21-22,25H2,1-12H3;17,19-21,24-25,32,34,38-39H,13-16,18,22-23,26H2,1-12H3;17,19-21,24-25,32,34H,13-16,18,22-23,26H2,1-12H3/t31-,33?;2*32-,34?/m000/s1. The number of hydrogen-bond donors (Lipinski definition) is 2. The third kappa shape index (κ3) is 28.8. The molecule has 0 amide bonds. The highest BCUT2D eigenvalue weighted by Crippen LogP contribution is 2.49. The predicted octanol–water partition coefficient (Wildman–Crippen LogP) is 29.5. The fourth-order valence-electron chi connectivity index (χ4n) is 17.7. The van der Waals surface area contributed by atoms with Gasteiger partial charge < -0.3 is 47.2 Å². The molecule has 6 atom stereocenters. The Kier molecular flexibility index (Phi) is 39.1. The topological polar surface area (TPSA) is 131 Å². The minimum Gasteiger partial charge on any atom is -0.491 e. The van der Waals surface area contributed by atoms with E-state index in [9.17, 15) is 9.90 Å². The van der Waals surface area contributed by atoms with Crippen molar-refractivity contribution in [2.75, 3.05) is 33.0 Å². The summed E-state index contributed by atoms with van der Waals surface area (Å²) < 4.78 is 50.2. The molecule has 0 aliphatic carbocycles. The van der Waals surface area contributed by atoms with Gasteiger partial charge in [-0.25, -0.2) is 0 Å². The van der Waals surface area contributed by atoms with E-state index in [1.54, 1.807) is 0 Å². The van der Waals surface area contributed by atoms with Crippen molar-refractivity contribution >= 4 is 30.9 Å². The molecule has 14 heteroatoms. The van der Waals surface area contributed by atoms with E-state index in [1.165, 1.54) is 72.3 Å². The fourth-order valence-corrected chi connectivity index (χ4v) is 22.4. The maximum atomic E-state index is 11.4. The van der Waals surface area contributed by atoms with E-state index in [4.69, 9.17) is 42.1 Å². The Balaban J connectivity index is 0.000000290. The van der Waals surface area contributed by atoms with E-state index in [2.05, 4.69) is 356 Å². The lowest BCUT2D eigenvalue weighted by atomic mass is 9.69. The molecule has 702 valence electrons. The predicted molar refractivity (Wildman–Crippen MR) is 538 cm³/mol. The number of hydrogen-bond acceptors (Lipinski definition) is 11. The summed E-state index contributed by atoms with van der Waals surface area (Å²) in [5.41, 5.74) is 20.1. The zero-order valence-electron chi connectivity index (χ0n) is 86.2. The van der Waals surface area contributed by atoms with Gasteiger partial charge in [-0.15, -0.1) is 0 Å². The van der Waals surface area contributed by atoms with Gasteiger partial charge in [-0.05, 0) is 323 Å². The molecular formula is C111H180O11Si3. The molecule has 11 nitrogen and oxygen atoms in total. The van der Waals surface area contributed by atoms with Gasteiger partial charge in [-0.1, -0.05) is 257 Å². The molecule has 0 aromatic heterocycles. The summed E-state index contributed by atoms with van der Waals surface area (Å²) in [6, 6.07) is 41.5. The highest BCUT2D eigenvalue weighted by Gasteiger charge is 2.46. The van der Waals surface area contributed by atoms with Gasteiger partial charge in [0.2, 0.25) is 0 Å². The van der Waals surface area contributed by atoms with E-state index in [0.29, 0.717) is 32.5 Å². The summed E-state index contributed by atoms with van der Waals surface area (Å²) in [7, 11) is -5.58. The van der Waals surface area contributed by atoms with Crippen LogP contribution in [0, 0.1) is 57.8 Å². The van der Waals surface area contributed by atoms with Crippen LogP contribution < -0.4 is 14.2 Å². The number of carbonyl (C=O) groups excluding carboxylic acids is 1. The van der Waals surface area contributed by atoms with E-state index < -0.39 is 31.1 Å². The highest BCUT2D eigenvalue weighted by molar-refractivity contribution is 6.75. The van der Waals surface area contributed by atoms with Crippen LogP contribution >= 0.6 is 0 Å². The van der Waals surface area contributed by atoms with Crippen LogP contribution in [0.2, 0.25) is 54.4 Å². The molecule has 0 bridgehead atoms. The van der Waals surface area contributed by atoms with Crippen molar-refractivity contribution in [1.29, 1.82) is 0 Å². The van der Waals surface area contributed by atoms with E-state index >= 15 is 0 Å². The van der Waals surface area contributed by atoms with Crippen molar-refractivity contribution in [2.45, 2.75) is 431 Å². The van der Waals surface area contributed by atoms with Crippen molar-refractivity contribution in [3.8, 4) is 17.2 Å². The van der Waals surface area contributed by atoms with Crippen LogP contribution in [-0.2, 0) is 63.1 Å². The Morgan fingerprint density at radius 3 is 0.920 bits per heavy atom. The Morgan fingerprint density at radius 2 is 0.680 bits per heavy atom. The number of benzene rings is 6. The number of aliphatic hydroxyl groups excluding tert-OH is 2. The van der Waals surface area contributed by atoms with Crippen molar-refractivity contribution in [1.82, 2.24) is 0 Å². The molecule has 2 heterocycles. The van der Waals surface area contributed by atoms with Crippen molar-refractivity contribution in [3.05, 3.63) is 193 Å². The Bertz CT molecular complexity index is 4340. The fraction of sp³-hybridized carbons (Fsp3) is 0.667. The molecule has 3 unspecified atom stereocenters. The first kappa shape index (κ1) is 108. The zero-order valence-corrected chi connectivity index (χ0v) is 89.2. The third-order valence-electron chi connectivity index (χ3n) is 30.1. The number of rotatable bonds is 39. The van der Waals surface area contributed by atoms with Gasteiger partial charge in [0.25, 0.3) is 0 Å². The second-order valence-corrected chi connectivity index (χ2v) is 59.6. The highest BCUT2D eigenvalue weighted by atomic mass is 28.4. The van der Waals surface area contributed by atoms with Gasteiger partial charge in [-0.2, -0.15) is 0 Å². The SMILES string of the molecule is CCC(CC)(c1ccc(CCC(O[Si](C)(C)C(C)(C)C)C(C)(C)C)c(C)c1)c1ccc(OC[C@@H](O)CCCO)c(C)c1.CCC(CC)(c1ccc(CCC(O[Si](C)(C)C(C)(C)C)C(C)(C)C)c(C)c1)c1ccc(OC[C@@H]2CCC(=O)O2)c(C)c1.CCC(CC)(c1ccc(CCC(O[Si](C)(C)C(C)(C)C)C(C)(C)C)c(C)c1)c1ccc(OC[C@@H]2CCCO2)c(C)c1. The van der Waals surface area contributed by atoms with Gasteiger partial charge in [0.05, 0.1) is 30.5 Å². The zero-order chi connectivity index (χ0) is 94.1. The Labute approximate surface area is 767 Å². The molecule has 125 heavy (non-hydrogen) atoms. The molecule has 8 rings (SSSR count). The van der Waals surface area contributed by atoms with Crippen LogP contribution in [0.1, 0.15) is 346 Å². The number of cyclic esters (lactones) is 1. The largest absolute Gasteiger partial charge is 0.491 e. The molecule has 2 fully saturated rings. The van der Waals surface area contributed by atoms with E-state index in [0.717, 1.165) is 131 Å². The van der Waals surface area contributed by atoms with Crippen molar-refractivity contribution in [3.63, 3.8) is 0 Å². The maximum Gasteiger partial charge on any atom is 0.306 e. The summed E-state index contributed by atoms with van der Waals surface area (Å²) in [6.07, 6.45) is 17.2. The van der Waals surface area contributed by atoms with Gasteiger partial charge in [0.15, 0.2) is 25.0 Å². The van der Waals surface area contributed by atoms with Gasteiger partial charge in [0.1, 0.15) is 43.2 Å². The summed E-state index contributed by atoms with van der Waals surface area (Å²) in [6.45, 7) is 85.4. The second-order valence-electron chi connectivity index (χ2n) is 45.3. The number of ether oxygens (including phenoxy) is 5. The third-order valence-corrected chi connectivity index (χ3v) is 43.6. The first-order valence-corrected chi connectivity index (χ1v) is 57.3. The van der Waals surface area contributed by atoms with Gasteiger partial charge in [-0.3, -0.25) is 4.79 Å². The average Bonchev–Trinajstić information content (AvgIpc) is 1.30. The van der Waals surface area contributed by atoms with Crippen LogP contribution in [0.5, 0.6) is 17.2 Å². The molecule has 6 aromatic carbocycles.